The zero-order chi connectivity index (χ0) is 17.8. The Morgan fingerprint density at radius 1 is 1.08 bits per heavy atom. The van der Waals surface area contributed by atoms with Crippen molar-refractivity contribution in [3.63, 3.8) is 0 Å². The Morgan fingerprint density at radius 2 is 1.76 bits per heavy atom. The molecule has 0 aliphatic heterocycles. The van der Waals surface area contributed by atoms with Crippen molar-refractivity contribution in [2.24, 2.45) is 0 Å². The summed E-state index contributed by atoms with van der Waals surface area (Å²) in [4.78, 5) is 22.7. The smallest absolute Gasteiger partial charge is 0.343 e. The number of rotatable bonds is 4. The lowest BCUT2D eigenvalue weighted by Crippen LogP contribution is -2.09. The maximum absolute atomic E-state index is 12.2. The third kappa shape index (κ3) is 4.25. The standard InChI is InChI=1S/C19H18BrNO4/c20-17-11-8-15(12-18(17)21(23)24)19(22)25-16-9-6-14(7-10-16)13-4-2-1-3-5-13/h6-13H,1-5H2. The van der Waals surface area contributed by atoms with Crippen LogP contribution in [0.4, 0.5) is 5.69 Å². The molecule has 6 heteroatoms. The Kier molecular flexibility index (Phi) is 5.48. The van der Waals surface area contributed by atoms with E-state index in [0.717, 1.165) is 0 Å². The summed E-state index contributed by atoms with van der Waals surface area (Å²) in [5.41, 5.74) is 1.26. The van der Waals surface area contributed by atoms with E-state index in [0.29, 0.717) is 16.1 Å². The van der Waals surface area contributed by atoms with Gasteiger partial charge in [0, 0.05) is 6.07 Å². The molecule has 0 heterocycles. The van der Waals surface area contributed by atoms with Crippen LogP contribution in [0, 0.1) is 10.1 Å². The number of esters is 1. The van der Waals surface area contributed by atoms with Gasteiger partial charge in [-0.2, -0.15) is 0 Å². The summed E-state index contributed by atoms with van der Waals surface area (Å²) in [7, 11) is 0. The van der Waals surface area contributed by atoms with Crippen LogP contribution in [-0.2, 0) is 0 Å². The van der Waals surface area contributed by atoms with E-state index < -0.39 is 10.9 Å². The summed E-state index contributed by atoms with van der Waals surface area (Å²) in [6, 6.07) is 11.8. The third-order valence-electron chi connectivity index (χ3n) is 4.55. The van der Waals surface area contributed by atoms with Crippen LogP contribution < -0.4 is 4.74 Å². The SMILES string of the molecule is O=C(Oc1ccc(C2CCCCC2)cc1)c1ccc(Br)c([N+](=O)[O-])c1. The van der Waals surface area contributed by atoms with Gasteiger partial charge in [0.1, 0.15) is 5.75 Å². The number of halogens is 1. The van der Waals surface area contributed by atoms with Gasteiger partial charge in [0.2, 0.25) is 0 Å². The lowest BCUT2D eigenvalue weighted by atomic mass is 9.84. The van der Waals surface area contributed by atoms with E-state index in [9.17, 15) is 14.9 Å². The second kappa shape index (κ2) is 7.78. The lowest BCUT2D eigenvalue weighted by molar-refractivity contribution is -0.385. The van der Waals surface area contributed by atoms with Crippen LogP contribution >= 0.6 is 15.9 Å². The lowest BCUT2D eigenvalue weighted by Gasteiger charge is -2.22. The molecular formula is C19H18BrNO4. The minimum absolute atomic E-state index is 0.145. The van der Waals surface area contributed by atoms with Crippen molar-refractivity contribution in [1.82, 2.24) is 0 Å². The average Bonchev–Trinajstić information content (AvgIpc) is 2.63. The van der Waals surface area contributed by atoms with Gasteiger partial charge in [-0.15, -0.1) is 0 Å². The second-order valence-electron chi connectivity index (χ2n) is 6.22. The summed E-state index contributed by atoms with van der Waals surface area (Å²) >= 11 is 3.10. The summed E-state index contributed by atoms with van der Waals surface area (Å²) < 4.78 is 5.67. The summed E-state index contributed by atoms with van der Waals surface area (Å²) in [6.45, 7) is 0. The molecule has 2 aromatic rings. The van der Waals surface area contributed by atoms with E-state index in [1.165, 1.54) is 55.9 Å². The molecule has 0 saturated heterocycles. The number of nitro benzene ring substituents is 1. The fourth-order valence-corrected chi connectivity index (χ4v) is 3.58. The molecule has 0 N–H and O–H groups in total. The van der Waals surface area contributed by atoms with Gasteiger partial charge in [-0.1, -0.05) is 31.4 Å². The Balaban J connectivity index is 1.70. The van der Waals surface area contributed by atoms with Crippen molar-refractivity contribution < 1.29 is 14.5 Å². The van der Waals surface area contributed by atoms with Gasteiger partial charge < -0.3 is 4.74 Å². The second-order valence-corrected chi connectivity index (χ2v) is 7.07. The molecule has 1 aliphatic carbocycles. The largest absolute Gasteiger partial charge is 0.423 e. The third-order valence-corrected chi connectivity index (χ3v) is 5.22. The Bertz CT molecular complexity index is 783. The molecule has 25 heavy (non-hydrogen) atoms. The average molecular weight is 404 g/mol. The summed E-state index contributed by atoms with van der Waals surface area (Å²) in [6.07, 6.45) is 6.27. The number of carbonyl (C=O) groups is 1. The number of nitro groups is 1. The van der Waals surface area contributed by atoms with E-state index >= 15 is 0 Å². The van der Waals surface area contributed by atoms with Gasteiger partial charge in [0.15, 0.2) is 0 Å². The van der Waals surface area contributed by atoms with E-state index in [1.807, 2.05) is 12.1 Å². The Labute approximate surface area is 154 Å². The number of carbonyl (C=O) groups excluding carboxylic acids is 1. The number of hydrogen-bond acceptors (Lipinski definition) is 4. The number of benzene rings is 2. The molecule has 0 unspecified atom stereocenters. The van der Waals surface area contributed by atoms with Gasteiger partial charge in [0.05, 0.1) is 15.0 Å². The minimum Gasteiger partial charge on any atom is -0.423 e. The fourth-order valence-electron chi connectivity index (χ4n) is 3.19. The van der Waals surface area contributed by atoms with Crippen LogP contribution in [0.25, 0.3) is 0 Å². The van der Waals surface area contributed by atoms with Crippen molar-refractivity contribution in [1.29, 1.82) is 0 Å². The topological polar surface area (TPSA) is 69.4 Å². The number of ether oxygens (including phenoxy) is 1. The fraction of sp³-hybridized carbons (Fsp3) is 0.316. The molecular weight excluding hydrogens is 386 g/mol. The first kappa shape index (κ1) is 17.6. The highest BCUT2D eigenvalue weighted by atomic mass is 79.9. The van der Waals surface area contributed by atoms with E-state index in [2.05, 4.69) is 15.9 Å². The van der Waals surface area contributed by atoms with E-state index in [1.54, 1.807) is 12.1 Å². The van der Waals surface area contributed by atoms with Gasteiger partial charge in [0.25, 0.3) is 5.69 Å². The molecule has 130 valence electrons. The van der Waals surface area contributed by atoms with E-state index in [4.69, 9.17) is 4.74 Å². The van der Waals surface area contributed by atoms with Crippen molar-refractivity contribution in [3.8, 4) is 5.75 Å². The molecule has 0 radical (unpaired) electrons. The first-order valence-corrected chi connectivity index (χ1v) is 9.10. The maximum Gasteiger partial charge on any atom is 0.343 e. The quantitative estimate of drug-likeness (QED) is 0.287. The first-order chi connectivity index (χ1) is 12.0. The van der Waals surface area contributed by atoms with Crippen molar-refractivity contribution >= 4 is 27.6 Å². The Morgan fingerprint density at radius 3 is 2.40 bits per heavy atom. The van der Waals surface area contributed by atoms with Gasteiger partial charge >= 0.3 is 5.97 Å². The monoisotopic (exact) mass is 403 g/mol. The van der Waals surface area contributed by atoms with Gasteiger partial charge in [-0.3, -0.25) is 10.1 Å². The molecule has 3 rings (SSSR count). The molecule has 0 aromatic heterocycles. The highest BCUT2D eigenvalue weighted by Gasteiger charge is 2.18. The van der Waals surface area contributed by atoms with Gasteiger partial charge in [-0.25, -0.2) is 4.79 Å². The molecule has 0 atom stereocenters. The van der Waals surface area contributed by atoms with Crippen molar-refractivity contribution in [3.05, 3.63) is 68.2 Å². The maximum atomic E-state index is 12.2. The number of nitrogens with zero attached hydrogens (tertiary/aromatic N) is 1. The zero-order valence-electron chi connectivity index (χ0n) is 13.6. The first-order valence-electron chi connectivity index (χ1n) is 8.30. The molecule has 0 bridgehead atoms. The Hall–Kier alpha value is -2.21. The van der Waals surface area contributed by atoms with Crippen LogP contribution in [0.15, 0.2) is 46.9 Å². The van der Waals surface area contributed by atoms with Crippen LogP contribution in [0.1, 0.15) is 53.9 Å². The molecule has 1 aliphatic rings. The molecule has 0 spiro atoms. The summed E-state index contributed by atoms with van der Waals surface area (Å²) in [5.74, 6) is 0.420. The zero-order valence-corrected chi connectivity index (χ0v) is 15.2. The molecule has 1 fully saturated rings. The predicted octanol–water partition coefficient (Wildman–Crippen LogP) is 5.62. The molecule has 0 amide bonds. The molecule has 2 aromatic carbocycles. The van der Waals surface area contributed by atoms with Crippen molar-refractivity contribution in [2.75, 3.05) is 0 Å². The van der Waals surface area contributed by atoms with Gasteiger partial charge in [-0.05, 0) is 64.5 Å². The van der Waals surface area contributed by atoms with Crippen LogP contribution in [-0.4, -0.2) is 10.9 Å². The van der Waals surface area contributed by atoms with E-state index in [-0.39, 0.29) is 11.3 Å². The van der Waals surface area contributed by atoms with Crippen LogP contribution in [0.2, 0.25) is 0 Å². The highest BCUT2D eigenvalue weighted by Crippen LogP contribution is 2.33. The predicted molar refractivity (Wildman–Crippen MR) is 98.0 cm³/mol. The van der Waals surface area contributed by atoms with Crippen molar-refractivity contribution in [2.45, 2.75) is 38.0 Å². The van der Waals surface area contributed by atoms with Crippen LogP contribution in [0.3, 0.4) is 0 Å². The highest BCUT2D eigenvalue weighted by molar-refractivity contribution is 9.10. The minimum atomic E-state index is -0.610. The normalized spacial score (nSPS) is 14.9. The molecule has 5 nitrogen and oxygen atoms in total. The molecule has 1 saturated carbocycles. The van der Waals surface area contributed by atoms with Crippen LogP contribution in [0.5, 0.6) is 5.75 Å². The summed E-state index contributed by atoms with van der Waals surface area (Å²) in [5, 5.41) is 11.0. The number of hydrogen-bond donors (Lipinski definition) is 0.